The normalized spacial score (nSPS) is 11.5. The van der Waals surface area contributed by atoms with Crippen LogP contribution < -0.4 is 5.73 Å². The van der Waals surface area contributed by atoms with Crippen molar-refractivity contribution in [2.75, 3.05) is 13.2 Å². The summed E-state index contributed by atoms with van der Waals surface area (Å²) in [7, 11) is 0. The molecule has 1 aromatic rings. The third kappa shape index (κ3) is 4.62. The molecular weight excluding hydrogens is 240 g/mol. The number of alkyl halides is 2. The molecule has 4 nitrogen and oxygen atoms in total. The van der Waals surface area contributed by atoms with Crippen LogP contribution in [0.4, 0.5) is 8.78 Å². The van der Waals surface area contributed by atoms with Gasteiger partial charge in [0.25, 0.3) is 6.43 Å². The Morgan fingerprint density at radius 1 is 1.39 bits per heavy atom. The van der Waals surface area contributed by atoms with Crippen LogP contribution in [-0.2, 0) is 17.7 Å². The summed E-state index contributed by atoms with van der Waals surface area (Å²) in [6.07, 6.45) is -0.307. The van der Waals surface area contributed by atoms with Gasteiger partial charge in [0, 0.05) is 24.7 Å². The lowest BCUT2D eigenvalue weighted by Gasteiger charge is -2.11. The van der Waals surface area contributed by atoms with Crippen LogP contribution in [-0.4, -0.2) is 29.6 Å². The highest BCUT2D eigenvalue weighted by atomic mass is 19.3. The van der Waals surface area contributed by atoms with Crippen LogP contribution in [0.25, 0.3) is 0 Å². The van der Waals surface area contributed by atoms with E-state index in [4.69, 9.17) is 10.5 Å². The van der Waals surface area contributed by atoms with Crippen molar-refractivity contribution in [3.8, 4) is 0 Å². The molecule has 0 atom stereocenters. The minimum absolute atomic E-state index is 0.198. The van der Waals surface area contributed by atoms with Gasteiger partial charge in [-0.05, 0) is 5.92 Å². The van der Waals surface area contributed by atoms with Gasteiger partial charge in [-0.1, -0.05) is 13.8 Å². The van der Waals surface area contributed by atoms with E-state index in [1.54, 1.807) is 6.20 Å². The van der Waals surface area contributed by atoms with E-state index in [1.165, 1.54) is 0 Å². The summed E-state index contributed by atoms with van der Waals surface area (Å²) in [5.74, 6) is 0.859. The van der Waals surface area contributed by atoms with E-state index < -0.39 is 13.0 Å². The Hall–Kier alpha value is -1.14. The Morgan fingerprint density at radius 3 is 2.67 bits per heavy atom. The fourth-order valence-electron chi connectivity index (χ4n) is 1.57. The number of aromatic nitrogens is 2. The molecular formula is C12H19F2N3O. The van der Waals surface area contributed by atoms with Crippen LogP contribution in [0.5, 0.6) is 0 Å². The SMILES string of the molecule is CC(C)c1nc(CCOCC(F)F)ncc1CN. The van der Waals surface area contributed by atoms with Crippen LogP contribution in [0.3, 0.4) is 0 Å². The van der Waals surface area contributed by atoms with E-state index in [0.29, 0.717) is 18.8 Å². The number of nitrogens with zero attached hydrogens (tertiary/aromatic N) is 2. The second-order valence-corrected chi connectivity index (χ2v) is 4.27. The fraction of sp³-hybridized carbons (Fsp3) is 0.667. The van der Waals surface area contributed by atoms with Gasteiger partial charge in [0.05, 0.1) is 12.3 Å². The molecule has 0 bridgehead atoms. The Bertz CT molecular complexity index is 372. The Balaban J connectivity index is 2.59. The van der Waals surface area contributed by atoms with E-state index in [0.717, 1.165) is 11.3 Å². The second kappa shape index (κ2) is 7.33. The molecule has 0 spiro atoms. The minimum Gasteiger partial charge on any atom is -0.375 e. The molecule has 0 aromatic carbocycles. The molecule has 0 aliphatic rings. The van der Waals surface area contributed by atoms with Gasteiger partial charge in [-0.2, -0.15) is 0 Å². The van der Waals surface area contributed by atoms with E-state index in [1.807, 2.05) is 13.8 Å². The van der Waals surface area contributed by atoms with E-state index in [-0.39, 0.29) is 12.5 Å². The first-order chi connectivity index (χ1) is 8.54. The predicted octanol–water partition coefficient (Wildman–Crippen LogP) is 1.88. The average molecular weight is 259 g/mol. The van der Waals surface area contributed by atoms with Crippen molar-refractivity contribution >= 4 is 0 Å². The van der Waals surface area contributed by atoms with Gasteiger partial charge in [-0.3, -0.25) is 0 Å². The molecule has 102 valence electrons. The fourth-order valence-corrected chi connectivity index (χ4v) is 1.57. The van der Waals surface area contributed by atoms with E-state index >= 15 is 0 Å². The standard InChI is InChI=1S/C12H19F2N3O/c1-8(2)12-9(5-15)6-16-11(17-12)3-4-18-7-10(13)14/h6,8,10H,3-5,7,15H2,1-2H3. The molecule has 2 N–H and O–H groups in total. The Kier molecular flexibility index (Phi) is 6.07. The molecule has 0 fully saturated rings. The summed E-state index contributed by atoms with van der Waals surface area (Å²) in [6.45, 7) is 4.11. The number of hydrogen-bond acceptors (Lipinski definition) is 4. The molecule has 1 aromatic heterocycles. The smallest absolute Gasteiger partial charge is 0.261 e. The summed E-state index contributed by atoms with van der Waals surface area (Å²) in [5.41, 5.74) is 7.44. The molecule has 6 heteroatoms. The molecule has 0 aliphatic carbocycles. The van der Waals surface area contributed by atoms with Crippen LogP contribution >= 0.6 is 0 Å². The highest BCUT2D eigenvalue weighted by molar-refractivity contribution is 5.20. The van der Waals surface area contributed by atoms with Crippen LogP contribution in [0.15, 0.2) is 6.20 Å². The largest absolute Gasteiger partial charge is 0.375 e. The van der Waals surface area contributed by atoms with Gasteiger partial charge in [0.2, 0.25) is 0 Å². The van der Waals surface area contributed by atoms with Gasteiger partial charge < -0.3 is 10.5 Å². The van der Waals surface area contributed by atoms with Crippen molar-refractivity contribution in [3.05, 3.63) is 23.3 Å². The first-order valence-electron chi connectivity index (χ1n) is 5.95. The molecule has 0 saturated carbocycles. The zero-order chi connectivity index (χ0) is 13.5. The topological polar surface area (TPSA) is 61.0 Å². The van der Waals surface area contributed by atoms with Crippen molar-refractivity contribution in [2.24, 2.45) is 5.73 Å². The number of nitrogens with two attached hydrogens (primary N) is 1. The molecule has 1 heterocycles. The summed E-state index contributed by atoms with van der Waals surface area (Å²) in [6, 6.07) is 0. The van der Waals surface area contributed by atoms with Gasteiger partial charge in [0.15, 0.2) is 0 Å². The maximum atomic E-state index is 11.9. The molecule has 0 radical (unpaired) electrons. The zero-order valence-corrected chi connectivity index (χ0v) is 10.7. The summed E-state index contributed by atoms with van der Waals surface area (Å²) < 4.78 is 28.5. The summed E-state index contributed by atoms with van der Waals surface area (Å²) >= 11 is 0. The summed E-state index contributed by atoms with van der Waals surface area (Å²) in [4.78, 5) is 8.55. The molecule has 0 amide bonds. The highest BCUT2D eigenvalue weighted by Gasteiger charge is 2.10. The van der Waals surface area contributed by atoms with E-state index in [2.05, 4.69) is 9.97 Å². The number of hydrogen-bond donors (Lipinski definition) is 1. The average Bonchev–Trinajstić information content (AvgIpc) is 2.34. The first kappa shape index (κ1) is 14.9. The second-order valence-electron chi connectivity index (χ2n) is 4.27. The lowest BCUT2D eigenvalue weighted by atomic mass is 10.1. The molecule has 0 saturated heterocycles. The summed E-state index contributed by atoms with van der Waals surface area (Å²) in [5, 5.41) is 0. The first-order valence-corrected chi connectivity index (χ1v) is 5.95. The third-order valence-corrected chi connectivity index (χ3v) is 2.43. The predicted molar refractivity (Wildman–Crippen MR) is 64.5 cm³/mol. The molecule has 1 rings (SSSR count). The maximum Gasteiger partial charge on any atom is 0.261 e. The number of ether oxygens (including phenoxy) is 1. The van der Waals surface area contributed by atoms with Crippen LogP contribution in [0.2, 0.25) is 0 Å². The number of rotatable bonds is 7. The van der Waals surface area contributed by atoms with Gasteiger partial charge in [-0.25, -0.2) is 18.7 Å². The maximum absolute atomic E-state index is 11.9. The highest BCUT2D eigenvalue weighted by Crippen LogP contribution is 2.16. The lowest BCUT2D eigenvalue weighted by molar-refractivity contribution is 0.0182. The van der Waals surface area contributed by atoms with Crippen molar-refractivity contribution < 1.29 is 13.5 Å². The van der Waals surface area contributed by atoms with Crippen molar-refractivity contribution in [1.82, 2.24) is 9.97 Å². The molecule has 0 aliphatic heterocycles. The quantitative estimate of drug-likeness (QED) is 0.759. The van der Waals surface area contributed by atoms with Gasteiger partial charge in [0.1, 0.15) is 12.4 Å². The zero-order valence-electron chi connectivity index (χ0n) is 10.7. The lowest BCUT2D eigenvalue weighted by Crippen LogP contribution is -2.12. The van der Waals surface area contributed by atoms with Gasteiger partial charge in [-0.15, -0.1) is 0 Å². The Morgan fingerprint density at radius 2 is 2.11 bits per heavy atom. The van der Waals surface area contributed by atoms with Crippen molar-refractivity contribution in [3.63, 3.8) is 0 Å². The van der Waals surface area contributed by atoms with Crippen molar-refractivity contribution in [1.29, 1.82) is 0 Å². The molecule has 0 unspecified atom stereocenters. The van der Waals surface area contributed by atoms with Crippen LogP contribution in [0.1, 0.15) is 36.8 Å². The minimum atomic E-state index is -2.43. The van der Waals surface area contributed by atoms with E-state index in [9.17, 15) is 8.78 Å². The van der Waals surface area contributed by atoms with Crippen LogP contribution in [0, 0.1) is 0 Å². The number of halogens is 2. The third-order valence-electron chi connectivity index (χ3n) is 2.43. The van der Waals surface area contributed by atoms with Gasteiger partial charge >= 0.3 is 0 Å². The van der Waals surface area contributed by atoms with Crippen molar-refractivity contribution in [2.45, 2.75) is 39.2 Å². The Labute approximate surface area is 106 Å². The monoisotopic (exact) mass is 259 g/mol. The molecule has 18 heavy (non-hydrogen) atoms.